The molecule has 1 heterocycles. The average molecular weight is 309 g/mol. The number of fused-ring (bicyclic) bond motifs is 1. The summed E-state index contributed by atoms with van der Waals surface area (Å²) in [6, 6.07) is 16.5. The van der Waals surface area contributed by atoms with Crippen molar-refractivity contribution in [2.45, 2.75) is 26.3 Å². The highest BCUT2D eigenvalue weighted by Gasteiger charge is 2.13. The largest absolute Gasteiger partial charge is 0.350 e. The van der Waals surface area contributed by atoms with E-state index in [1.165, 1.54) is 5.39 Å². The van der Waals surface area contributed by atoms with Gasteiger partial charge in [-0.2, -0.15) is 0 Å². The Hall–Kier alpha value is -2.13. The van der Waals surface area contributed by atoms with Crippen LogP contribution in [0.4, 0.5) is 0 Å². The molecule has 2 nitrogen and oxygen atoms in total. The van der Waals surface area contributed by atoms with Gasteiger partial charge >= 0.3 is 0 Å². The molecule has 1 aromatic heterocycles. The summed E-state index contributed by atoms with van der Waals surface area (Å²) in [5, 5.41) is 6.33. The lowest BCUT2D eigenvalue weighted by Crippen LogP contribution is -2.31. The van der Waals surface area contributed by atoms with Crippen molar-refractivity contribution in [3.05, 3.63) is 59.5 Å². The van der Waals surface area contributed by atoms with Crippen molar-refractivity contribution in [1.29, 1.82) is 0 Å². The Morgan fingerprint density at radius 1 is 1.18 bits per heavy atom. The van der Waals surface area contributed by atoms with E-state index in [9.17, 15) is 4.79 Å². The van der Waals surface area contributed by atoms with Gasteiger partial charge in [0.2, 0.25) is 0 Å². The van der Waals surface area contributed by atoms with Crippen molar-refractivity contribution < 1.29 is 4.79 Å². The maximum Gasteiger partial charge on any atom is 0.251 e. The summed E-state index contributed by atoms with van der Waals surface area (Å²) in [5.41, 5.74) is 2.99. The zero-order valence-electron chi connectivity index (χ0n) is 12.8. The van der Waals surface area contributed by atoms with E-state index in [-0.39, 0.29) is 11.9 Å². The second-order valence-electron chi connectivity index (χ2n) is 5.51. The van der Waals surface area contributed by atoms with Crippen LogP contribution in [-0.2, 0) is 0 Å². The Morgan fingerprint density at radius 2 is 1.95 bits per heavy atom. The molecular formula is C19H19NOS. The van der Waals surface area contributed by atoms with Gasteiger partial charge in [-0.05, 0) is 48.1 Å². The fourth-order valence-electron chi connectivity index (χ4n) is 2.47. The van der Waals surface area contributed by atoms with Gasteiger partial charge in [0.05, 0.1) is 0 Å². The first-order chi connectivity index (χ1) is 10.7. The number of hydrogen-bond donors (Lipinski definition) is 1. The van der Waals surface area contributed by atoms with E-state index >= 15 is 0 Å². The second-order valence-corrected chi connectivity index (χ2v) is 6.45. The average Bonchev–Trinajstić information content (AvgIpc) is 3.03. The van der Waals surface area contributed by atoms with Crippen LogP contribution in [0.3, 0.4) is 0 Å². The van der Waals surface area contributed by atoms with Gasteiger partial charge in [-0.15, -0.1) is 11.3 Å². The highest BCUT2D eigenvalue weighted by atomic mass is 32.1. The first kappa shape index (κ1) is 14.8. The molecule has 3 aromatic rings. The summed E-state index contributed by atoms with van der Waals surface area (Å²) in [6.07, 6.45) is 0.929. The van der Waals surface area contributed by atoms with Gasteiger partial charge in [0.25, 0.3) is 5.91 Å². The van der Waals surface area contributed by atoms with Crippen LogP contribution in [0.2, 0.25) is 0 Å². The third kappa shape index (κ3) is 2.90. The normalized spacial score (nSPS) is 12.3. The van der Waals surface area contributed by atoms with Gasteiger partial charge in [-0.1, -0.05) is 37.3 Å². The Morgan fingerprint density at radius 3 is 2.68 bits per heavy atom. The number of hydrogen-bond acceptors (Lipinski definition) is 2. The van der Waals surface area contributed by atoms with Crippen molar-refractivity contribution in [3.63, 3.8) is 0 Å². The number of carbonyl (C=O) groups is 1. The summed E-state index contributed by atoms with van der Waals surface area (Å²) < 4.78 is 1.15. The Labute approximate surface area is 134 Å². The van der Waals surface area contributed by atoms with Gasteiger partial charge in [-0.25, -0.2) is 0 Å². The quantitative estimate of drug-likeness (QED) is 0.714. The number of rotatable bonds is 4. The van der Waals surface area contributed by atoms with Crippen LogP contribution < -0.4 is 5.32 Å². The van der Waals surface area contributed by atoms with Crippen molar-refractivity contribution in [1.82, 2.24) is 5.32 Å². The number of benzene rings is 2. The molecular weight excluding hydrogens is 290 g/mol. The van der Waals surface area contributed by atoms with E-state index in [4.69, 9.17) is 0 Å². The van der Waals surface area contributed by atoms with E-state index in [1.54, 1.807) is 11.3 Å². The van der Waals surface area contributed by atoms with Crippen molar-refractivity contribution in [2.75, 3.05) is 0 Å². The molecule has 0 fully saturated rings. The van der Waals surface area contributed by atoms with Gasteiger partial charge < -0.3 is 5.32 Å². The lowest BCUT2D eigenvalue weighted by molar-refractivity contribution is 0.0939. The van der Waals surface area contributed by atoms with E-state index < -0.39 is 0 Å². The molecule has 1 atom stereocenters. The molecule has 0 radical (unpaired) electrons. The minimum atomic E-state index is 0.00170. The molecule has 0 aliphatic carbocycles. The van der Waals surface area contributed by atoms with Crippen LogP contribution >= 0.6 is 11.3 Å². The zero-order valence-corrected chi connectivity index (χ0v) is 13.6. The molecule has 0 aliphatic heterocycles. The number of nitrogens with one attached hydrogen (secondary N) is 1. The van der Waals surface area contributed by atoms with E-state index in [0.717, 1.165) is 27.8 Å². The lowest BCUT2D eigenvalue weighted by atomic mass is 9.99. The molecule has 2 aromatic carbocycles. The van der Waals surface area contributed by atoms with Crippen molar-refractivity contribution >= 4 is 27.3 Å². The molecule has 3 rings (SSSR count). The minimum Gasteiger partial charge on any atom is -0.350 e. The molecule has 3 heteroatoms. The monoisotopic (exact) mass is 309 g/mol. The number of carbonyl (C=O) groups excluding carboxylic acids is 1. The first-order valence-corrected chi connectivity index (χ1v) is 8.44. The zero-order chi connectivity index (χ0) is 15.5. The molecule has 0 aliphatic rings. The predicted octanol–water partition coefficient (Wildman–Crippen LogP) is 5.10. The molecule has 22 heavy (non-hydrogen) atoms. The molecule has 112 valence electrons. The van der Waals surface area contributed by atoms with E-state index in [1.807, 2.05) is 37.3 Å². The fraction of sp³-hybridized carbons (Fsp3) is 0.211. The van der Waals surface area contributed by atoms with Crippen LogP contribution in [-0.4, -0.2) is 11.9 Å². The Balaban J connectivity index is 2.08. The van der Waals surface area contributed by atoms with Gasteiger partial charge in [-0.3, -0.25) is 4.79 Å². The van der Waals surface area contributed by atoms with Crippen LogP contribution in [0.15, 0.2) is 53.9 Å². The molecule has 0 bridgehead atoms. The maximum absolute atomic E-state index is 12.5. The number of amides is 1. The van der Waals surface area contributed by atoms with E-state index in [2.05, 4.69) is 35.8 Å². The van der Waals surface area contributed by atoms with Crippen LogP contribution in [0.5, 0.6) is 0 Å². The van der Waals surface area contributed by atoms with E-state index in [0.29, 0.717) is 0 Å². The maximum atomic E-state index is 12.5. The third-order valence-corrected chi connectivity index (χ3v) is 4.77. The Kier molecular flexibility index (Phi) is 4.25. The second kappa shape index (κ2) is 6.32. The summed E-state index contributed by atoms with van der Waals surface area (Å²) >= 11 is 1.67. The summed E-state index contributed by atoms with van der Waals surface area (Å²) in [4.78, 5) is 12.5. The van der Waals surface area contributed by atoms with Crippen molar-refractivity contribution in [2.24, 2.45) is 0 Å². The summed E-state index contributed by atoms with van der Waals surface area (Å²) in [6.45, 7) is 4.10. The fourth-order valence-corrected chi connectivity index (χ4v) is 3.32. The van der Waals surface area contributed by atoms with Gasteiger partial charge in [0.1, 0.15) is 0 Å². The van der Waals surface area contributed by atoms with Crippen LogP contribution in [0.25, 0.3) is 21.2 Å². The third-order valence-electron chi connectivity index (χ3n) is 3.91. The topological polar surface area (TPSA) is 29.1 Å². The predicted molar refractivity (Wildman–Crippen MR) is 94.5 cm³/mol. The molecule has 0 spiro atoms. The smallest absolute Gasteiger partial charge is 0.251 e. The highest BCUT2D eigenvalue weighted by molar-refractivity contribution is 7.17. The lowest BCUT2D eigenvalue weighted by Gasteiger charge is -2.13. The molecule has 1 N–H and O–H groups in total. The molecule has 1 unspecified atom stereocenters. The van der Waals surface area contributed by atoms with Crippen LogP contribution in [0, 0.1) is 0 Å². The molecule has 0 saturated carbocycles. The van der Waals surface area contributed by atoms with Gasteiger partial charge in [0.15, 0.2) is 0 Å². The first-order valence-electron chi connectivity index (χ1n) is 7.56. The Bertz CT molecular complexity index is 792. The summed E-state index contributed by atoms with van der Waals surface area (Å²) in [5.74, 6) is 0.00170. The van der Waals surface area contributed by atoms with Crippen molar-refractivity contribution in [3.8, 4) is 11.1 Å². The molecule has 1 amide bonds. The highest BCUT2D eigenvalue weighted by Crippen LogP contribution is 2.33. The summed E-state index contributed by atoms with van der Waals surface area (Å²) in [7, 11) is 0. The van der Waals surface area contributed by atoms with Gasteiger partial charge in [0, 0.05) is 21.7 Å². The molecule has 0 saturated heterocycles. The van der Waals surface area contributed by atoms with Crippen LogP contribution in [0.1, 0.15) is 30.6 Å². The standard InChI is InChI=1S/C19H19NOS/c1-3-13(2)20-19(21)15-11-17(14-7-5-4-6-8-14)16-9-10-22-18(16)12-15/h4-13H,3H2,1-2H3,(H,20,21). The number of thiophene rings is 1. The SMILES string of the molecule is CCC(C)NC(=O)c1cc(-c2ccccc2)c2ccsc2c1. The minimum absolute atomic E-state index is 0.00170.